The van der Waals surface area contributed by atoms with Crippen molar-refractivity contribution in [1.29, 1.82) is 0 Å². The van der Waals surface area contributed by atoms with Gasteiger partial charge in [0.1, 0.15) is 0 Å². The third kappa shape index (κ3) is 4.31. The molecule has 21 heavy (non-hydrogen) atoms. The Morgan fingerprint density at radius 3 is 2.86 bits per heavy atom. The zero-order valence-electron chi connectivity index (χ0n) is 14.0. The summed E-state index contributed by atoms with van der Waals surface area (Å²) in [6.07, 6.45) is 6.48. The summed E-state index contributed by atoms with van der Waals surface area (Å²) < 4.78 is 5.17. The first kappa shape index (κ1) is 16.5. The second-order valence-corrected chi connectivity index (χ2v) is 6.89. The highest BCUT2D eigenvalue weighted by molar-refractivity contribution is 5.37. The molecule has 1 aromatic rings. The van der Waals surface area contributed by atoms with E-state index in [1.165, 1.54) is 32.1 Å². The third-order valence-corrected chi connectivity index (χ3v) is 4.84. The molecule has 0 spiro atoms. The summed E-state index contributed by atoms with van der Waals surface area (Å²) in [5.41, 5.74) is 3.50. The number of rotatable bonds is 8. The van der Waals surface area contributed by atoms with Crippen LogP contribution in [0.15, 0.2) is 24.3 Å². The topological polar surface area (TPSA) is 21.3 Å². The van der Waals surface area contributed by atoms with Gasteiger partial charge in [0.05, 0.1) is 6.61 Å². The molecule has 118 valence electrons. The van der Waals surface area contributed by atoms with Gasteiger partial charge in [-0.3, -0.25) is 0 Å². The van der Waals surface area contributed by atoms with Crippen molar-refractivity contribution >= 4 is 0 Å². The minimum Gasteiger partial charge on any atom is -0.383 e. The van der Waals surface area contributed by atoms with Crippen LogP contribution in [-0.2, 0) is 16.6 Å². The highest BCUT2D eigenvalue weighted by Crippen LogP contribution is 2.41. The van der Waals surface area contributed by atoms with Crippen LogP contribution in [-0.4, -0.2) is 26.8 Å². The highest BCUT2D eigenvalue weighted by atomic mass is 16.5. The molecule has 0 saturated heterocycles. The van der Waals surface area contributed by atoms with Gasteiger partial charge in [-0.2, -0.15) is 0 Å². The molecule has 1 atom stereocenters. The predicted molar refractivity (Wildman–Crippen MR) is 89.9 cm³/mol. The van der Waals surface area contributed by atoms with Gasteiger partial charge in [-0.25, -0.2) is 0 Å². The first-order valence-corrected chi connectivity index (χ1v) is 8.46. The number of methoxy groups -OCH3 is 1. The Kier molecular flexibility index (Phi) is 6.25. The molecular weight excluding hydrogens is 258 g/mol. The molecule has 0 aliphatic heterocycles. The Bertz CT molecular complexity index is 429. The van der Waals surface area contributed by atoms with Crippen molar-refractivity contribution in [2.45, 2.75) is 51.4 Å². The minimum atomic E-state index is 0.326. The fraction of sp³-hybridized carbons (Fsp3) is 0.684. The van der Waals surface area contributed by atoms with Crippen molar-refractivity contribution in [2.75, 3.05) is 26.8 Å². The Hall–Kier alpha value is -0.860. The fourth-order valence-corrected chi connectivity index (χ4v) is 3.61. The molecule has 1 aliphatic rings. The standard InChI is InChI=1S/C19H31NO/c1-16(2)10-12-19(15-20-13-14-21-3)11-6-8-17-7-4-5-9-18(17)19/h4-5,7,9,16,20H,6,8,10-15H2,1-3H3. The fourth-order valence-electron chi connectivity index (χ4n) is 3.61. The van der Waals surface area contributed by atoms with E-state index in [9.17, 15) is 0 Å². The maximum Gasteiger partial charge on any atom is 0.0587 e. The van der Waals surface area contributed by atoms with Gasteiger partial charge < -0.3 is 10.1 Å². The number of ether oxygens (including phenoxy) is 1. The first-order valence-electron chi connectivity index (χ1n) is 8.46. The van der Waals surface area contributed by atoms with Crippen LogP contribution in [0.25, 0.3) is 0 Å². The van der Waals surface area contributed by atoms with E-state index >= 15 is 0 Å². The molecular formula is C19H31NO. The van der Waals surface area contributed by atoms with Crippen LogP contribution in [0.2, 0.25) is 0 Å². The van der Waals surface area contributed by atoms with Crippen LogP contribution >= 0.6 is 0 Å². The van der Waals surface area contributed by atoms with Crippen molar-refractivity contribution in [3.8, 4) is 0 Å². The lowest BCUT2D eigenvalue weighted by molar-refractivity contribution is 0.193. The molecule has 2 rings (SSSR count). The molecule has 0 saturated carbocycles. The van der Waals surface area contributed by atoms with Gasteiger partial charge in [0.15, 0.2) is 0 Å². The normalized spacial score (nSPS) is 21.5. The lowest BCUT2D eigenvalue weighted by Gasteiger charge is -2.40. The lowest BCUT2D eigenvalue weighted by Crippen LogP contribution is -2.42. The van der Waals surface area contributed by atoms with Crippen LogP contribution < -0.4 is 5.32 Å². The van der Waals surface area contributed by atoms with Gasteiger partial charge in [-0.05, 0) is 42.7 Å². The van der Waals surface area contributed by atoms with Gasteiger partial charge in [0.2, 0.25) is 0 Å². The Labute approximate surface area is 130 Å². The largest absolute Gasteiger partial charge is 0.383 e. The summed E-state index contributed by atoms with van der Waals surface area (Å²) in [6, 6.07) is 9.10. The lowest BCUT2D eigenvalue weighted by atomic mass is 9.66. The monoisotopic (exact) mass is 289 g/mol. The zero-order chi connectivity index (χ0) is 15.1. The van der Waals surface area contributed by atoms with E-state index in [0.717, 1.165) is 25.6 Å². The molecule has 0 amide bonds. The maximum absolute atomic E-state index is 5.17. The SMILES string of the molecule is COCCNCC1(CCC(C)C)CCCc2ccccc21. The molecule has 1 N–H and O–H groups in total. The van der Waals surface area contributed by atoms with Crippen molar-refractivity contribution in [1.82, 2.24) is 5.32 Å². The maximum atomic E-state index is 5.17. The van der Waals surface area contributed by atoms with Gasteiger partial charge >= 0.3 is 0 Å². The van der Waals surface area contributed by atoms with Crippen LogP contribution in [0, 0.1) is 5.92 Å². The zero-order valence-corrected chi connectivity index (χ0v) is 14.0. The molecule has 0 aromatic heterocycles. The second kappa shape index (κ2) is 7.95. The van der Waals surface area contributed by atoms with Gasteiger partial charge in [-0.1, -0.05) is 44.5 Å². The van der Waals surface area contributed by atoms with E-state index < -0.39 is 0 Å². The number of aryl methyl sites for hydroxylation is 1. The van der Waals surface area contributed by atoms with Gasteiger partial charge in [0, 0.05) is 25.6 Å². The molecule has 0 heterocycles. The quantitative estimate of drug-likeness (QED) is 0.732. The third-order valence-electron chi connectivity index (χ3n) is 4.84. The number of nitrogens with one attached hydrogen (secondary N) is 1. The number of fused-ring (bicyclic) bond motifs is 1. The molecule has 0 bridgehead atoms. The summed E-state index contributed by atoms with van der Waals surface area (Å²) in [4.78, 5) is 0. The highest BCUT2D eigenvalue weighted by Gasteiger charge is 2.35. The summed E-state index contributed by atoms with van der Waals surface area (Å²) in [5, 5.41) is 3.64. The number of hydrogen-bond donors (Lipinski definition) is 1. The summed E-state index contributed by atoms with van der Waals surface area (Å²) in [5.74, 6) is 0.773. The van der Waals surface area contributed by atoms with Crippen LogP contribution in [0.3, 0.4) is 0 Å². The smallest absolute Gasteiger partial charge is 0.0587 e. The van der Waals surface area contributed by atoms with Crippen LogP contribution in [0.4, 0.5) is 0 Å². The average molecular weight is 289 g/mol. The average Bonchev–Trinajstić information content (AvgIpc) is 2.50. The van der Waals surface area contributed by atoms with Crippen molar-refractivity contribution < 1.29 is 4.74 Å². The summed E-state index contributed by atoms with van der Waals surface area (Å²) >= 11 is 0. The van der Waals surface area contributed by atoms with E-state index in [4.69, 9.17) is 4.74 Å². The van der Waals surface area contributed by atoms with E-state index in [-0.39, 0.29) is 0 Å². The molecule has 0 radical (unpaired) electrons. The second-order valence-electron chi connectivity index (χ2n) is 6.89. The van der Waals surface area contributed by atoms with Crippen LogP contribution in [0.1, 0.15) is 50.7 Å². The van der Waals surface area contributed by atoms with Gasteiger partial charge in [0.25, 0.3) is 0 Å². The molecule has 1 aliphatic carbocycles. The van der Waals surface area contributed by atoms with E-state index in [0.29, 0.717) is 5.41 Å². The Morgan fingerprint density at radius 1 is 1.29 bits per heavy atom. The predicted octanol–water partition coefficient (Wildman–Crippen LogP) is 3.93. The Balaban J connectivity index is 2.15. The van der Waals surface area contributed by atoms with E-state index in [1.807, 2.05) is 0 Å². The minimum absolute atomic E-state index is 0.326. The molecule has 2 heteroatoms. The molecule has 1 unspecified atom stereocenters. The molecule has 2 nitrogen and oxygen atoms in total. The molecule has 1 aromatic carbocycles. The van der Waals surface area contributed by atoms with Crippen molar-refractivity contribution in [3.05, 3.63) is 35.4 Å². The van der Waals surface area contributed by atoms with Crippen molar-refractivity contribution in [3.63, 3.8) is 0 Å². The number of benzene rings is 1. The van der Waals surface area contributed by atoms with E-state index in [1.54, 1.807) is 18.2 Å². The Morgan fingerprint density at radius 2 is 2.10 bits per heavy atom. The first-order chi connectivity index (χ1) is 10.2. The van der Waals surface area contributed by atoms with Crippen LogP contribution in [0.5, 0.6) is 0 Å². The summed E-state index contributed by atoms with van der Waals surface area (Å²) in [7, 11) is 1.77. The number of hydrogen-bond acceptors (Lipinski definition) is 2. The van der Waals surface area contributed by atoms with E-state index in [2.05, 4.69) is 43.4 Å². The van der Waals surface area contributed by atoms with Gasteiger partial charge in [-0.15, -0.1) is 0 Å². The molecule has 0 fully saturated rings. The summed E-state index contributed by atoms with van der Waals surface area (Å²) in [6.45, 7) is 7.49. The van der Waals surface area contributed by atoms with Crippen molar-refractivity contribution in [2.24, 2.45) is 5.92 Å².